The van der Waals surface area contributed by atoms with Gasteiger partial charge in [-0.05, 0) is 112 Å². The highest BCUT2D eigenvalue weighted by Crippen LogP contribution is 2.57. The quantitative estimate of drug-likeness (QED) is 0.180. The Labute approximate surface area is 332 Å². The fraction of sp³-hybridized carbons (Fsp3) is 0.148. The molecule has 0 saturated heterocycles. The number of hydrogen-bond acceptors (Lipinski definition) is 2. The summed E-state index contributed by atoms with van der Waals surface area (Å²) >= 11 is 0. The Hall–Kier alpha value is -6.58. The highest BCUT2D eigenvalue weighted by molar-refractivity contribution is 6.12. The van der Waals surface area contributed by atoms with Crippen molar-refractivity contribution in [3.8, 4) is 22.3 Å². The van der Waals surface area contributed by atoms with Crippen LogP contribution in [0.4, 0.5) is 17.1 Å². The number of benzene rings is 7. The van der Waals surface area contributed by atoms with Crippen molar-refractivity contribution in [3.63, 3.8) is 0 Å². The van der Waals surface area contributed by atoms with Crippen molar-refractivity contribution < 1.29 is 4.42 Å². The van der Waals surface area contributed by atoms with Crippen molar-refractivity contribution >= 4 is 60.8 Å². The molecule has 3 aliphatic rings. The van der Waals surface area contributed by atoms with Gasteiger partial charge in [0.2, 0.25) is 0 Å². The Morgan fingerprint density at radius 1 is 0.544 bits per heavy atom. The fourth-order valence-electron chi connectivity index (χ4n) is 10.7. The number of rotatable bonds is 3. The van der Waals surface area contributed by atoms with Crippen LogP contribution in [0.5, 0.6) is 0 Å². The number of nitrogens with zero attached hydrogens (tertiary/aromatic N) is 2. The first-order chi connectivity index (χ1) is 27.8. The molecule has 274 valence electrons. The fourth-order valence-corrected chi connectivity index (χ4v) is 10.7. The van der Waals surface area contributed by atoms with E-state index >= 15 is 0 Å². The first kappa shape index (κ1) is 32.6. The van der Waals surface area contributed by atoms with E-state index in [0.29, 0.717) is 6.04 Å². The molecule has 3 nitrogen and oxygen atoms in total. The minimum atomic E-state index is -0.337. The van der Waals surface area contributed by atoms with Crippen molar-refractivity contribution in [1.29, 1.82) is 0 Å². The zero-order valence-corrected chi connectivity index (χ0v) is 32.7. The average Bonchev–Trinajstić information content (AvgIpc) is 3.86. The highest BCUT2D eigenvalue weighted by atomic mass is 16.3. The molecule has 1 atom stereocenters. The molecule has 3 heteroatoms. The smallest absolute Gasteiger partial charge is 0.135 e. The number of fused-ring (bicyclic) bond motifs is 12. The lowest BCUT2D eigenvalue weighted by atomic mass is 9.71. The molecular formula is C54H42N2O. The third-order valence-electron chi connectivity index (χ3n) is 13.5. The molecule has 2 aromatic heterocycles. The Bertz CT molecular complexity index is 3240. The van der Waals surface area contributed by atoms with Crippen LogP contribution in [0.25, 0.3) is 66.0 Å². The zero-order valence-electron chi connectivity index (χ0n) is 32.7. The van der Waals surface area contributed by atoms with Gasteiger partial charge in [-0.25, -0.2) is 0 Å². The van der Waals surface area contributed by atoms with Gasteiger partial charge in [0.1, 0.15) is 11.2 Å². The van der Waals surface area contributed by atoms with E-state index in [-0.39, 0.29) is 10.8 Å². The van der Waals surface area contributed by atoms with E-state index in [2.05, 4.69) is 201 Å². The van der Waals surface area contributed by atoms with E-state index in [1.165, 1.54) is 88.8 Å². The van der Waals surface area contributed by atoms with Crippen molar-refractivity contribution in [2.45, 2.75) is 51.0 Å². The molecule has 0 saturated carbocycles. The summed E-state index contributed by atoms with van der Waals surface area (Å²) in [6.07, 6.45) is 9.94. The SMILES string of the molecule is CC1(C)c2ccccc2-c2ccc(N3c4ccc(-c5ccc6c(c5)c5ccccc5n6C5C=CC=CC5)cc4C(C)(C)c4c3ccc3oc5ccccc5c43)cc21. The molecule has 0 N–H and O–H groups in total. The molecule has 1 unspecified atom stereocenters. The molecule has 9 aromatic rings. The van der Waals surface area contributed by atoms with Crippen LogP contribution in [0, 0.1) is 0 Å². The second kappa shape index (κ2) is 11.5. The van der Waals surface area contributed by atoms with Crippen molar-refractivity contribution in [2.75, 3.05) is 4.90 Å². The molecule has 0 bridgehead atoms. The maximum absolute atomic E-state index is 6.55. The van der Waals surface area contributed by atoms with Gasteiger partial charge in [-0.15, -0.1) is 0 Å². The van der Waals surface area contributed by atoms with Gasteiger partial charge in [-0.3, -0.25) is 0 Å². The van der Waals surface area contributed by atoms with E-state index in [1.54, 1.807) is 0 Å². The topological polar surface area (TPSA) is 21.3 Å². The van der Waals surface area contributed by atoms with Crippen LogP contribution in [-0.4, -0.2) is 4.57 Å². The molecule has 3 heterocycles. The van der Waals surface area contributed by atoms with Gasteiger partial charge in [0.05, 0.1) is 17.4 Å². The lowest BCUT2D eigenvalue weighted by molar-refractivity contribution is 0.634. The van der Waals surface area contributed by atoms with Crippen LogP contribution < -0.4 is 4.90 Å². The van der Waals surface area contributed by atoms with Crippen LogP contribution in [0.2, 0.25) is 0 Å². The van der Waals surface area contributed by atoms with Crippen LogP contribution in [0.1, 0.15) is 62.4 Å². The van der Waals surface area contributed by atoms with Crippen LogP contribution in [0.3, 0.4) is 0 Å². The maximum Gasteiger partial charge on any atom is 0.135 e. The summed E-state index contributed by atoms with van der Waals surface area (Å²) in [6.45, 7) is 9.54. The first-order valence-corrected chi connectivity index (χ1v) is 20.3. The number of anilines is 3. The van der Waals surface area contributed by atoms with Gasteiger partial charge >= 0.3 is 0 Å². The zero-order chi connectivity index (χ0) is 38.2. The number of furan rings is 1. The van der Waals surface area contributed by atoms with Gasteiger partial charge < -0.3 is 13.9 Å². The molecule has 0 spiro atoms. The Kier molecular flexibility index (Phi) is 6.58. The Morgan fingerprint density at radius 3 is 2.16 bits per heavy atom. The molecule has 0 fully saturated rings. The molecule has 1 aliphatic heterocycles. The van der Waals surface area contributed by atoms with Crippen LogP contribution >= 0.6 is 0 Å². The van der Waals surface area contributed by atoms with E-state index in [0.717, 1.165) is 23.0 Å². The van der Waals surface area contributed by atoms with Crippen molar-refractivity contribution in [1.82, 2.24) is 4.57 Å². The third-order valence-corrected chi connectivity index (χ3v) is 13.5. The average molecular weight is 735 g/mol. The summed E-state index contributed by atoms with van der Waals surface area (Å²) in [4.78, 5) is 2.52. The second-order valence-corrected chi connectivity index (χ2v) is 17.3. The highest BCUT2D eigenvalue weighted by Gasteiger charge is 2.41. The van der Waals surface area contributed by atoms with E-state index < -0.39 is 0 Å². The third kappa shape index (κ3) is 4.43. The Morgan fingerprint density at radius 2 is 1.28 bits per heavy atom. The molecule has 12 rings (SSSR count). The monoisotopic (exact) mass is 734 g/mol. The van der Waals surface area contributed by atoms with Gasteiger partial charge in [0.25, 0.3) is 0 Å². The van der Waals surface area contributed by atoms with E-state index in [9.17, 15) is 0 Å². The number of hydrogen-bond donors (Lipinski definition) is 0. The van der Waals surface area contributed by atoms with Gasteiger partial charge in [-0.1, -0.05) is 131 Å². The minimum Gasteiger partial charge on any atom is -0.456 e. The summed E-state index contributed by atoms with van der Waals surface area (Å²) in [5, 5.41) is 4.95. The number of allylic oxidation sites excluding steroid dienone is 4. The number of aromatic nitrogens is 1. The molecular weight excluding hydrogens is 693 g/mol. The van der Waals surface area contributed by atoms with Crippen LogP contribution in [-0.2, 0) is 10.8 Å². The van der Waals surface area contributed by atoms with Gasteiger partial charge in [-0.2, -0.15) is 0 Å². The molecule has 0 radical (unpaired) electrons. The lowest BCUT2D eigenvalue weighted by Gasteiger charge is -2.43. The summed E-state index contributed by atoms with van der Waals surface area (Å²) in [7, 11) is 0. The standard InChI is InChI=1S/C54H42N2O/c1-53(2)42-19-11-8-16-37(42)38-25-24-36(32-43(38)53)56-47-27-23-34(31-44(47)54(3,4)52-48(56)28-29-50-51(52)40-18-10-13-21-49(40)57-50)33-22-26-46-41(30-33)39-17-9-12-20-45(39)55(46)35-14-6-5-7-15-35/h5-14,16-32,35H,15H2,1-4H3. The minimum absolute atomic E-state index is 0.108. The van der Waals surface area contributed by atoms with E-state index in [1.807, 2.05) is 0 Å². The molecule has 7 aromatic carbocycles. The second-order valence-electron chi connectivity index (χ2n) is 17.3. The summed E-state index contributed by atoms with van der Waals surface area (Å²) < 4.78 is 9.07. The summed E-state index contributed by atoms with van der Waals surface area (Å²) in [5.41, 5.74) is 18.0. The van der Waals surface area contributed by atoms with Crippen molar-refractivity contribution in [2.24, 2.45) is 0 Å². The summed E-state index contributed by atoms with van der Waals surface area (Å²) in [6, 6.07) is 52.4. The van der Waals surface area contributed by atoms with Crippen molar-refractivity contribution in [3.05, 3.63) is 186 Å². The Balaban J connectivity index is 1.08. The summed E-state index contributed by atoms with van der Waals surface area (Å²) in [5.74, 6) is 0. The molecule has 0 amide bonds. The predicted molar refractivity (Wildman–Crippen MR) is 238 cm³/mol. The molecule has 2 aliphatic carbocycles. The van der Waals surface area contributed by atoms with Gasteiger partial charge in [0, 0.05) is 49.1 Å². The number of para-hydroxylation sites is 2. The van der Waals surface area contributed by atoms with Crippen LogP contribution in [0.15, 0.2) is 168 Å². The lowest BCUT2D eigenvalue weighted by Crippen LogP contribution is -2.31. The molecule has 57 heavy (non-hydrogen) atoms. The van der Waals surface area contributed by atoms with E-state index in [4.69, 9.17) is 4.42 Å². The normalized spacial score (nSPS) is 17.3. The van der Waals surface area contributed by atoms with Gasteiger partial charge in [0.15, 0.2) is 0 Å². The first-order valence-electron chi connectivity index (χ1n) is 20.3. The predicted octanol–water partition coefficient (Wildman–Crippen LogP) is 14.8. The maximum atomic E-state index is 6.55. The largest absolute Gasteiger partial charge is 0.456 e.